The van der Waals surface area contributed by atoms with Gasteiger partial charge in [0.05, 0.1) is 28.4 Å². The predicted octanol–water partition coefficient (Wildman–Crippen LogP) is 2.47. The standard InChI is InChI=1S/C20H24FN5O3S2/c1-10-9-26(31(3,28)29)7-4-13(10)23-19-22-8-12(21)15(24-19)16-11(2)14-17(30-16)20(5-6-20)25-18(14)27/h8,10,13H,4-7,9H2,1-3H3,(H,25,27)(H,22,23,24)/t10-,13+/m1/s1. The minimum Gasteiger partial charge on any atom is -0.351 e. The second-order valence-corrected chi connectivity index (χ2v) is 11.8. The number of piperidine rings is 1. The molecule has 2 atom stereocenters. The smallest absolute Gasteiger partial charge is 0.253 e. The molecule has 2 aromatic heterocycles. The van der Waals surface area contributed by atoms with E-state index in [4.69, 9.17) is 0 Å². The molecule has 31 heavy (non-hydrogen) atoms. The number of halogens is 1. The maximum atomic E-state index is 14.7. The fourth-order valence-corrected chi connectivity index (χ4v) is 6.99. The summed E-state index contributed by atoms with van der Waals surface area (Å²) in [5, 5.41) is 6.32. The number of rotatable bonds is 4. The van der Waals surface area contributed by atoms with Gasteiger partial charge in [0.25, 0.3) is 5.91 Å². The summed E-state index contributed by atoms with van der Waals surface area (Å²) in [5.74, 6) is -0.267. The van der Waals surface area contributed by atoms with Crippen LogP contribution in [0, 0.1) is 18.7 Å². The Morgan fingerprint density at radius 2 is 2.13 bits per heavy atom. The lowest BCUT2D eigenvalue weighted by atomic mass is 9.95. The minimum absolute atomic E-state index is 0.0220. The summed E-state index contributed by atoms with van der Waals surface area (Å²) in [6.45, 7) is 4.64. The molecule has 2 fully saturated rings. The highest BCUT2D eigenvalue weighted by Crippen LogP contribution is 2.55. The highest BCUT2D eigenvalue weighted by molar-refractivity contribution is 7.88. The second kappa shape index (κ2) is 6.94. The molecule has 0 unspecified atom stereocenters. The van der Waals surface area contributed by atoms with Gasteiger partial charge < -0.3 is 10.6 Å². The third-order valence-corrected chi connectivity index (χ3v) is 9.29. The fraction of sp³-hybridized carbons (Fsp3) is 0.550. The number of carbonyl (C=O) groups is 1. The number of nitrogens with zero attached hydrogens (tertiary/aromatic N) is 3. The number of fused-ring (bicyclic) bond motifs is 2. The van der Waals surface area contributed by atoms with Crippen molar-refractivity contribution in [2.45, 2.75) is 44.7 Å². The van der Waals surface area contributed by atoms with E-state index in [1.165, 1.54) is 21.9 Å². The lowest BCUT2D eigenvalue weighted by Gasteiger charge is -2.35. The first-order valence-corrected chi connectivity index (χ1v) is 13.0. The fourth-order valence-electron chi connectivity index (χ4n) is 4.55. The Balaban J connectivity index is 1.42. The third kappa shape index (κ3) is 3.42. The van der Waals surface area contributed by atoms with E-state index >= 15 is 0 Å². The van der Waals surface area contributed by atoms with Gasteiger partial charge in [-0.15, -0.1) is 11.3 Å². The van der Waals surface area contributed by atoms with E-state index in [9.17, 15) is 17.6 Å². The summed E-state index contributed by atoms with van der Waals surface area (Å²) in [7, 11) is -3.22. The molecule has 2 N–H and O–H groups in total. The molecule has 0 bridgehead atoms. The van der Waals surface area contributed by atoms with Gasteiger partial charge in [-0.25, -0.2) is 27.1 Å². The van der Waals surface area contributed by atoms with Crippen LogP contribution >= 0.6 is 11.3 Å². The van der Waals surface area contributed by atoms with E-state index in [-0.39, 0.29) is 29.1 Å². The quantitative estimate of drug-likeness (QED) is 0.719. The van der Waals surface area contributed by atoms with Gasteiger partial charge in [0.2, 0.25) is 16.0 Å². The Morgan fingerprint density at radius 3 is 2.77 bits per heavy atom. The van der Waals surface area contributed by atoms with E-state index in [0.717, 1.165) is 29.5 Å². The van der Waals surface area contributed by atoms with Gasteiger partial charge in [-0.1, -0.05) is 6.92 Å². The summed E-state index contributed by atoms with van der Waals surface area (Å²) < 4.78 is 39.8. The van der Waals surface area contributed by atoms with Crippen molar-refractivity contribution >= 4 is 33.2 Å². The topological polar surface area (TPSA) is 104 Å². The summed E-state index contributed by atoms with van der Waals surface area (Å²) in [6.07, 6.45) is 4.80. The summed E-state index contributed by atoms with van der Waals surface area (Å²) in [4.78, 5) is 22.7. The Hall–Kier alpha value is -2.11. The summed E-state index contributed by atoms with van der Waals surface area (Å²) in [6, 6.07) is -0.0220. The van der Waals surface area contributed by atoms with Crippen molar-refractivity contribution in [3.63, 3.8) is 0 Å². The molecule has 5 rings (SSSR count). The maximum Gasteiger partial charge on any atom is 0.253 e. The van der Waals surface area contributed by atoms with Crippen molar-refractivity contribution in [3.8, 4) is 10.6 Å². The van der Waals surface area contributed by atoms with Crippen molar-refractivity contribution in [1.29, 1.82) is 0 Å². The second-order valence-electron chi connectivity index (χ2n) is 8.82. The molecule has 4 heterocycles. The molecule has 11 heteroatoms. The molecule has 2 aliphatic heterocycles. The number of carbonyl (C=O) groups excluding carboxylic acids is 1. The predicted molar refractivity (Wildman–Crippen MR) is 116 cm³/mol. The van der Waals surface area contributed by atoms with Gasteiger partial charge in [0.15, 0.2) is 5.82 Å². The van der Waals surface area contributed by atoms with Gasteiger partial charge in [0, 0.05) is 24.0 Å². The van der Waals surface area contributed by atoms with Crippen LogP contribution < -0.4 is 10.6 Å². The van der Waals surface area contributed by atoms with E-state index in [0.29, 0.717) is 35.9 Å². The molecule has 8 nitrogen and oxygen atoms in total. The lowest BCUT2D eigenvalue weighted by Crippen LogP contribution is -2.47. The van der Waals surface area contributed by atoms with E-state index in [2.05, 4.69) is 20.6 Å². The highest BCUT2D eigenvalue weighted by Gasteiger charge is 2.54. The molecule has 1 amide bonds. The highest BCUT2D eigenvalue weighted by atomic mass is 32.2. The third-order valence-electron chi connectivity index (χ3n) is 6.52. The van der Waals surface area contributed by atoms with Gasteiger partial charge >= 0.3 is 0 Å². The summed E-state index contributed by atoms with van der Waals surface area (Å²) in [5.41, 5.74) is 1.35. The molecule has 2 aromatic rings. The molecule has 1 saturated carbocycles. The zero-order valence-electron chi connectivity index (χ0n) is 17.5. The molecular weight excluding hydrogens is 441 g/mol. The van der Waals surface area contributed by atoms with Crippen LogP contribution in [0.4, 0.5) is 10.3 Å². The van der Waals surface area contributed by atoms with Crippen LogP contribution in [0.1, 0.15) is 47.0 Å². The van der Waals surface area contributed by atoms with Crippen LogP contribution in [0.15, 0.2) is 6.20 Å². The average Bonchev–Trinajstić information content (AvgIpc) is 3.30. The van der Waals surface area contributed by atoms with Crippen molar-refractivity contribution in [2.24, 2.45) is 5.92 Å². The zero-order valence-corrected chi connectivity index (χ0v) is 19.2. The lowest BCUT2D eigenvalue weighted by molar-refractivity contribution is 0.0952. The normalized spacial score (nSPS) is 24.8. The largest absolute Gasteiger partial charge is 0.351 e. The number of hydrogen-bond donors (Lipinski definition) is 2. The first-order valence-electron chi connectivity index (χ1n) is 10.3. The Bertz CT molecular complexity index is 1190. The van der Waals surface area contributed by atoms with Crippen LogP contribution in [0.3, 0.4) is 0 Å². The van der Waals surface area contributed by atoms with E-state index in [1.54, 1.807) is 0 Å². The number of aromatic nitrogens is 2. The van der Waals surface area contributed by atoms with Gasteiger partial charge in [-0.2, -0.15) is 0 Å². The van der Waals surface area contributed by atoms with Crippen molar-refractivity contribution in [3.05, 3.63) is 28.0 Å². The molecule has 3 aliphatic rings. The van der Waals surface area contributed by atoms with Crippen LogP contribution in [0.2, 0.25) is 0 Å². The Labute approximate surface area is 184 Å². The molecule has 1 saturated heterocycles. The molecule has 166 valence electrons. The first kappa shape index (κ1) is 20.8. The van der Waals surface area contributed by atoms with Crippen molar-refractivity contribution in [2.75, 3.05) is 24.7 Å². The molecule has 1 aliphatic carbocycles. The number of hydrogen-bond acceptors (Lipinski definition) is 7. The average molecular weight is 466 g/mol. The van der Waals surface area contributed by atoms with Crippen LogP contribution in [-0.2, 0) is 15.6 Å². The monoisotopic (exact) mass is 465 g/mol. The maximum absolute atomic E-state index is 14.7. The van der Waals surface area contributed by atoms with E-state index < -0.39 is 15.8 Å². The molecule has 1 spiro atoms. The number of amides is 1. The minimum atomic E-state index is -3.22. The van der Waals surface area contributed by atoms with Gasteiger partial charge in [-0.3, -0.25) is 4.79 Å². The van der Waals surface area contributed by atoms with Crippen molar-refractivity contribution in [1.82, 2.24) is 19.6 Å². The first-order chi connectivity index (χ1) is 14.6. The Morgan fingerprint density at radius 1 is 1.39 bits per heavy atom. The summed E-state index contributed by atoms with van der Waals surface area (Å²) >= 11 is 1.43. The molecule has 0 aromatic carbocycles. The van der Waals surface area contributed by atoms with E-state index in [1.807, 2.05) is 13.8 Å². The van der Waals surface area contributed by atoms with Gasteiger partial charge in [-0.05, 0) is 37.7 Å². The molecule has 0 radical (unpaired) electrons. The van der Waals surface area contributed by atoms with Crippen LogP contribution in [-0.4, -0.2) is 54.0 Å². The van der Waals surface area contributed by atoms with Gasteiger partial charge in [0.1, 0.15) is 5.69 Å². The Kier molecular flexibility index (Phi) is 4.65. The number of thiophene rings is 1. The number of nitrogens with one attached hydrogen (secondary N) is 2. The number of sulfonamides is 1. The van der Waals surface area contributed by atoms with Crippen LogP contribution in [0.5, 0.6) is 0 Å². The zero-order chi connectivity index (χ0) is 22.1. The SMILES string of the molecule is Cc1c(-c2nc(N[C@H]3CCN(S(C)(=O)=O)C[C@H]3C)ncc2F)sc2c1C(=O)NC21CC1. The van der Waals surface area contributed by atoms with Crippen LogP contribution in [0.25, 0.3) is 10.6 Å². The number of anilines is 1. The van der Waals surface area contributed by atoms with Crippen molar-refractivity contribution < 1.29 is 17.6 Å². The molecular formula is C20H24FN5O3S2.